The molecule has 4 aliphatic rings. The molecule has 11 heteroatoms. The Morgan fingerprint density at radius 1 is 1.02 bits per heavy atom. The van der Waals surface area contributed by atoms with Crippen molar-refractivity contribution >= 4 is 46.6 Å². The fraction of sp³-hybridized carbons (Fsp3) is 0.684. The lowest BCUT2D eigenvalue weighted by molar-refractivity contribution is -0.147. The Hall–Kier alpha value is -3.27. The number of likely N-dealkylation sites (tertiary alicyclic amines) is 1. The second kappa shape index (κ2) is 15.7. The Balaban J connectivity index is 1.38. The molecule has 2 aliphatic carbocycles. The van der Waals surface area contributed by atoms with E-state index in [4.69, 9.17) is 16.4 Å². The molecule has 3 fully saturated rings. The molecule has 1 aromatic carbocycles. The van der Waals surface area contributed by atoms with Crippen LogP contribution in [-0.4, -0.2) is 71.2 Å². The third-order valence-electron chi connectivity index (χ3n) is 10.8. The zero-order valence-corrected chi connectivity index (χ0v) is 30.3. The lowest BCUT2D eigenvalue weighted by atomic mass is 9.75. The van der Waals surface area contributed by atoms with Gasteiger partial charge in [0.25, 0.3) is 5.91 Å². The smallest absolute Gasteiger partial charge is 0.289 e. The van der Waals surface area contributed by atoms with Crippen LogP contribution in [0.3, 0.4) is 0 Å². The number of likely N-dealkylation sites (N-methyl/N-ethyl adjacent to an activating group) is 1. The van der Waals surface area contributed by atoms with E-state index in [1.807, 2.05) is 32.9 Å². The minimum atomic E-state index is -1.00. The van der Waals surface area contributed by atoms with Crippen LogP contribution in [-0.2, 0) is 28.8 Å². The van der Waals surface area contributed by atoms with Crippen molar-refractivity contribution in [1.29, 1.82) is 0 Å². The molecule has 0 unspecified atom stereocenters. The summed E-state index contributed by atoms with van der Waals surface area (Å²) in [6.45, 7) is 5.97. The molecular weight excluding hydrogens is 644 g/mol. The first kappa shape index (κ1) is 37.0. The molecule has 1 spiro atoms. The zero-order chi connectivity index (χ0) is 35.3. The summed E-state index contributed by atoms with van der Waals surface area (Å²) >= 11 is 6.26. The van der Waals surface area contributed by atoms with E-state index in [-0.39, 0.29) is 37.0 Å². The number of hydrogen-bond donors (Lipinski definition) is 2. The summed E-state index contributed by atoms with van der Waals surface area (Å²) in [6, 6.07) is 5.31. The van der Waals surface area contributed by atoms with Gasteiger partial charge in [-0.2, -0.15) is 0 Å². The Kier molecular flexibility index (Phi) is 11.9. The molecule has 2 heterocycles. The number of oxime groups is 1. The van der Waals surface area contributed by atoms with Crippen LogP contribution in [0.15, 0.2) is 29.4 Å². The zero-order valence-electron chi connectivity index (χ0n) is 29.5. The summed E-state index contributed by atoms with van der Waals surface area (Å²) in [6.07, 6.45) is 11.3. The van der Waals surface area contributed by atoms with Gasteiger partial charge in [-0.1, -0.05) is 107 Å². The standard InChI is InChI=1S/C38H53ClN4O6/c1-37(2,3)29(20-28(44)17-24-11-8-6-5-7-9-12-24)36(48)43-23-38(21-31(42-49-38)26-13-10-14-27(39)19-26)22-32(43)34(46)41-30(18-25-15-16-25)33(45)35(47)40-4/h10,13-14,19,24-25,29-30,32H,5-9,11-12,15-18,20-23H2,1-4H3,(H,40,47)(H,41,46)/t29-,30+,32+,38-/m1/s1. The van der Waals surface area contributed by atoms with Crippen LogP contribution in [0.1, 0.15) is 116 Å². The summed E-state index contributed by atoms with van der Waals surface area (Å²) in [4.78, 5) is 75.5. The lowest BCUT2D eigenvalue weighted by Crippen LogP contribution is -2.54. The molecular formula is C38H53ClN4O6. The Morgan fingerprint density at radius 2 is 1.71 bits per heavy atom. The minimum Gasteiger partial charge on any atom is -0.387 e. The molecule has 3 amide bonds. The van der Waals surface area contributed by atoms with Crippen LogP contribution in [0.2, 0.25) is 5.02 Å². The van der Waals surface area contributed by atoms with E-state index in [0.29, 0.717) is 35.9 Å². The van der Waals surface area contributed by atoms with Crippen LogP contribution in [0.4, 0.5) is 0 Å². The van der Waals surface area contributed by atoms with Crippen molar-refractivity contribution in [2.75, 3.05) is 13.6 Å². The van der Waals surface area contributed by atoms with Gasteiger partial charge in [-0.05, 0) is 35.8 Å². The summed E-state index contributed by atoms with van der Waals surface area (Å²) in [5.41, 5.74) is -0.0767. The van der Waals surface area contributed by atoms with E-state index >= 15 is 0 Å². The van der Waals surface area contributed by atoms with Gasteiger partial charge in [0.15, 0.2) is 5.60 Å². The molecule has 0 radical (unpaired) electrons. The molecule has 49 heavy (non-hydrogen) atoms. The summed E-state index contributed by atoms with van der Waals surface area (Å²) < 4.78 is 0. The molecule has 1 saturated heterocycles. The third kappa shape index (κ3) is 9.50. The van der Waals surface area contributed by atoms with Gasteiger partial charge in [-0.3, -0.25) is 24.0 Å². The Morgan fingerprint density at radius 3 is 2.35 bits per heavy atom. The van der Waals surface area contributed by atoms with Gasteiger partial charge in [-0.15, -0.1) is 0 Å². The third-order valence-corrected chi connectivity index (χ3v) is 11.1. The molecule has 2 saturated carbocycles. The van der Waals surface area contributed by atoms with Crippen molar-refractivity contribution in [3.63, 3.8) is 0 Å². The second-order valence-corrected chi connectivity index (χ2v) is 16.4. The number of halogens is 1. The van der Waals surface area contributed by atoms with Crippen molar-refractivity contribution in [2.45, 2.75) is 128 Å². The number of carbonyl (C=O) groups is 5. The van der Waals surface area contributed by atoms with E-state index in [1.54, 1.807) is 17.0 Å². The highest BCUT2D eigenvalue weighted by molar-refractivity contribution is 6.38. The van der Waals surface area contributed by atoms with Crippen molar-refractivity contribution in [3.05, 3.63) is 34.9 Å². The number of nitrogens with zero attached hydrogens (tertiary/aromatic N) is 2. The molecule has 0 aromatic heterocycles. The molecule has 268 valence electrons. The molecule has 5 rings (SSSR count). The van der Waals surface area contributed by atoms with Crippen molar-refractivity contribution < 1.29 is 28.8 Å². The summed E-state index contributed by atoms with van der Waals surface area (Å²) in [5.74, 6) is -2.25. The number of amides is 3. The quantitative estimate of drug-likeness (QED) is 0.266. The molecule has 4 atom stereocenters. The van der Waals surface area contributed by atoms with Gasteiger partial charge < -0.3 is 20.4 Å². The predicted octanol–water partition coefficient (Wildman–Crippen LogP) is 5.78. The van der Waals surface area contributed by atoms with Gasteiger partial charge in [-0.25, -0.2) is 0 Å². The van der Waals surface area contributed by atoms with Gasteiger partial charge in [0, 0.05) is 49.2 Å². The molecule has 10 nitrogen and oxygen atoms in total. The highest BCUT2D eigenvalue weighted by Crippen LogP contribution is 2.42. The number of benzene rings is 1. The van der Waals surface area contributed by atoms with Gasteiger partial charge >= 0.3 is 0 Å². The van der Waals surface area contributed by atoms with Crippen LogP contribution in [0, 0.1) is 23.2 Å². The number of nitrogens with one attached hydrogen (secondary N) is 2. The largest absolute Gasteiger partial charge is 0.387 e. The fourth-order valence-corrected chi connectivity index (χ4v) is 7.95. The maximum atomic E-state index is 14.7. The highest BCUT2D eigenvalue weighted by Gasteiger charge is 2.55. The van der Waals surface area contributed by atoms with Crippen LogP contribution in [0.25, 0.3) is 0 Å². The summed E-state index contributed by atoms with van der Waals surface area (Å²) in [7, 11) is 1.39. The van der Waals surface area contributed by atoms with E-state index in [1.165, 1.54) is 26.3 Å². The first-order chi connectivity index (χ1) is 23.3. The number of carbonyl (C=O) groups excluding carboxylic acids is 5. The Bertz CT molecular complexity index is 1440. The van der Waals surface area contributed by atoms with Gasteiger partial charge in [0.1, 0.15) is 11.8 Å². The van der Waals surface area contributed by atoms with E-state index in [2.05, 4.69) is 15.8 Å². The minimum absolute atomic E-state index is 0.0816. The van der Waals surface area contributed by atoms with E-state index in [9.17, 15) is 24.0 Å². The number of Topliss-reactive ketones (excluding diaryl/α,β-unsaturated/α-hetero) is 2. The highest BCUT2D eigenvalue weighted by atomic mass is 35.5. The first-order valence-electron chi connectivity index (χ1n) is 18.2. The number of hydrogen-bond acceptors (Lipinski definition) is 7. The number of rotatable bonds is 12. The monoisotopic (exact) mass is 696 g/mol. The predicted molar refractivity (Wildman–Crippen MR) is 188 cm³/mol. The molecule has 2 N–H and O–H groups in total. The summed E-state index contributed by atoms with van der Waals surface area (Å²) in [5, 5.41) is 10.2. The SMILES string of the molecule is CNC(=O)C(=O)[C@H](CC1CC1)NC(=O)[C@@H]1C[C@]2(CC(c3cccc(Cl)c3)=NO2)CN1C(=O)[C@@H](CC(=O)CC1CCCCCCC1)C(C)(C)C. The topological polar surface area (TPSA) is 134 Å². The first-order valence-corrected chi connectivity index (χ1v) is 18.6. The normalized spacial score (nSPS) is 24.3. The van der Waals surface area contributed by atoms with Crippen molar-refractivity contribution in [1.82, 2.24) is 15.5 Å². The van der Waals surface area contributed by atoms with Gasteiger partial charge in [0.2, 0.25) is 17.6 Å². The fourth-order valence-electron chi connectivity index (χ4n) is 7.76. The maximum absolute atomic E-state index is 14.7. The van der Waals surface area contributed by atoms with E-state index in [0.717, 1.165) is 44.1 Å². The lowest BCUT2D eigenvalue weighted by Gasteiger charge is -2.35. The average Bonchev–Trinajstić information content (AvgIpc) is 3.64. The molecule has 0 bridgehead atoms. The number of ketones is 2. The van der Waals surface area contributed by atoms with Crippen LogP contribution < -0.4 is 10.6 Å². The van der Waals surface area contributed by atoms with Crippen molar-refractivity contribution in [2.24, 2.45) is 28.3 Å². The average molecular weight is 697 g/mol. The van der Waals surface area contributed by atoms with E-state index < -0.39 is 46.6 Å². The Labute approximate surface area is 295 Å². The molecule has 2 aliphatic heterocycles. The van der Waals surface area contributed by atoms with Crippen LogP contribution >= 0.6 is 11.6 Å². The molecule has 1 aromatic rings. The van der Waals surface area contributed by atoms with Crippen LogP contribution in [0.5, 0.6) is 0 Å². The maximum Gasteiger partial charge on any atom is 0.289 e. The second-order valence-electron chi connectivity index (χ2n) is 15.9. The van der Waals surface area contributed by atoms with Gasteiger partial charge in [0.05, 0.1) is 18.3 Å². The van der Waals surface area contributed by atoms with Crippen molar-refractivity contribution in [3.8, 4) is 0 Å².